The average molecular weight is 460 g/mol. The van der Waals surface area contributed by atoms with Crippen LogP contribution < -0.4 is 5.32 Å². The topological polar surface area (TPSA) is 91.1 Å². The second-order valence-electron chi connectivity index (χ2n) is 6.92. The molecule has 154 valence electrons. The van der Waals surface area contributed by atoms with Crippen molar-refractivity contribution in [2.24, 2.45) is 16.1 Å². The van der Waals surface area contributed by atoms with Gasteiger partial charge in [-0.3, -0.25) is 9.59 Å². The fourth-order valence-electron chi connectivity index (χ4n) is 3.35. The van der Waals surface area contributed by atoms with Gasteiger partial charge in [-0.1, -0.05) is 53.7 Å². The maximum atomic E-state index is 12.0. The number of hydrogen-bond acceptors (Lipinski definition) is 6. The number of carbonyl (C=O) groups excluding carboxylic acids is 1. The molecule has 2 unspecified atom stereocenters. The van der Waals surface area contributed by atoms with Gasteiger partial charge in [-0.05, 0) is 30.2 Å². The molecule has 2 N–H and O–H groups in total. The predicted molar refractivity (Wildman–Crippen MR) is 122 cm³/mol. The van der Waals surface area contributed by atoms with E-state index in [4.69, 9.17) is 16.7 Å². The van der Waals surface area contributed by atoms with Crippen LogP contribution in [0.3, 0.4) is 0 Å². The molecule has 2 atom stereocenters. The number of carboxylic acid groups (broad SMARTS) is 1. The number of halogens is 1. The van der Waals surface area contributed by atoms with Crippen molar-refractivity contribution in [1.29, 1.82) is 0 Å². The summed E-state index contributed by atoms with van der Waals surface area (Å²) < 4.78 is 0. The third-order valence-corrected chi connectivity index (χ3v) is 7.30. The van der Waals surface area contributed by atoms with E-state index in [2.05, 4.69) is 27.7 Å². The van der Waals surface area contributed by atoms with Gasteiger partial charge in [0, 0.05) is 27.2 Å². The molecule has 0 radical (unpaired) electrons. The van der Waals surface area contributed by atoms with Gasteiger partial charge in [-0.2, -0.15) is 5.10 Å². The second kappa shape index (κ2) is 9.24. The van der Waals surface area contributed by atoms with Crippen molar-refractivity contribution in [2.75, 3.05) is 5.75 Å². The number of aliphatic carboxylic acids is 1. The smallest absolute Gasteiger partial charge is 0.305 e. The van der Waals surface area contributed by atoms with Crippen LogP contribution in [-0.4, -0.2) is 38.9 Å². The summed E-state index contributed by atoms with van der Waals surface area (Å²) >= 11 is 9.11. The number of nitrogens with zero attached hydrogens (tertiary/aromatic N) is 2. The maximum Gasteiger partial charge on any atom is 0.305 e. The zero-order valence-corrected chi connectivity index (χ0v) is 18.1. The van der Waals surface area contributed by atoms with Crippen LogP contribution in [0.25, 0.3) is 0 Å². The molecule has 30 heavy (non-hydrogen) atoms. The Balaban J connectivity index is 1.65. The highest BCUT2D eigenvalue weighted by Gasteiger charge is 2.32. The molecular formula is C21H18ClN3O3S2. The summed E-state index contributed by atoms with van der Waals surface area (Å²) in [5, 5.41) is 20.6. The van der Waals surface area contributed by atoms with Gasteiger partial charge in [0.15, 0.2) is 5.17 Å². The van der Waals surface area contributed by atoms with E-state index >= 15 is 0 Å². The minimum absolute atomic E-state index is 0.129. The Kier molecular flexibility index (Phi) is 6.46. The summed E-state index contributed by atoms with van der Waals surface area (Å²) in [6.45, 7) is 0. The van der Waals surface area contributed by atoms with Gasteiger partial charge >= 0.3 is 5.97 Å². The Morgan fingerprint density at radius 1 is 1.20 bits per heavy atom. The normalized spacial score (nSPS) is 23.4. The number of rotatable bonds is 5. The SMILES string of the molecule is O=C(O)CC1S/C(=N\N=C2/c3cc(Cl)ccc3SCC2Cc2ccccc2)NC1=O. The van der Waals surface area contributed by atoms with Gasteiger partial charge in [0.2, 0.25) is 5.91 Å². The first-order valence-electron chi connectivity index (χ1n) is 9.31. The Morgan fingerprint density at radius 3 is 2.77 bits per heavy atom. The molecule has 1 fully saturated rings. The Morgan fingerprint density at radius 2 is 2.00 bits per heavy atom. The highest BCUT2D eigenvalue weighted by atomic mass is 35.5. The monoisotopic (exact) mass is 459 g/mol. The van der Waals surface area contributed by atoms with E-state index in [1.165, 1.54) is 5.56 Å². The van der Waals surface area contributed by atoms with Crippen LogP contribution in [0.1, 0.15) is 17.5 Å². The molecule has 1 saturated heterocycles. The van der Waals surface area contributed by atoms with Gasteiger partial charge in [-0.25, -0.2) is 0 Å². The van der Waals surface area contributed by atoms with Gasteiger partial charge in [0.1, 0.15) is 5.25 Å². The molecule has 2 heterocycles. The molecule has 2 aromatic rings. The van der Waals surface area contributed by atoms with E-state index in [1.54, 1.807) is 11.8 Å². The highest BCUT2D eigenvalue weighted by Crippen LogP contribution is 2.36. The van der Waals surface area contributed by atoms with E-state index in [1.807, 2.05) is 36.4 Å². The number of amides is 1. The number of fused-ring (bicyclic) bond motifs is 1. The molecule has 2 aliphatic heterocycles. The quantitative estimate of drug-likeness (QED) is 0.657. The molecule has 6 nitrogen and oxygen atoms in total. The molecule has 0 aliphatic carbocycles. The summed E-state index contributed by atoms with van der Waals surface area (Å²) in [5.41, 5.74) is 2.97. The molecule has 0 spiro atoms. The number of carboxylic acids is 1. The lowest BCUT2D eigenvalue weighted by atomic mass is 9.91. The molecule has 9 heteroatoms. The zero-order chi connectivity index (χ0) is 21.1. The van der Waals surface area contributed by atoms with Crippen LogP contribution in [0.2, 0.25) is 5.02 Å². The fraction of sp³-hybridized carbons (Fsp3) is 0.238. The van der Waals surface area contributed by atoms with E-state index in [9.17, 15) is 9.59 Å². The number of carbonyl (C=O) groups is 2. The molecule has 1 amide bonds. The zero-order valence-electron chi connectivity index (χ0n) is 15.7. The summed E-state index contributed by atoms with van der Waals surface area (Å²) in [5.74, 6) is -0.394. The minimum atomic E-state index is -1.02. The third kappa shape index (κ3) is 4.88. The van der Waals surface area contributed by atoms with Crippen LogP contribution in [0.4, 0.5) is 0 Å². The van der Waals surface area contributed by atoms with Crippen molar-refractivity contribution >= 4 is 57.9 Å². The minimum Gasteiger partial charge on any atom is -0.481 e. The first-order valence-corrected chi connectivity index (χ1v) is 11.6. The summed E-state index contributed by atoms with van der Waals surface area (Å²) in [6, 6.07) is 15.9. The molecule has 2 aliphatic rings. The molecule has 0 saturated carbocycles. The molecule has 2 aromatic carbocycles. The average Bonchev–Trinajstić information content (AvgIpc) is 3.06. The molecule has 0 bridgehead atoms. The van der Waals surface area contributed by atoms with Crippen molar-refractivity contribution in [3.05, 3.63) is 64.7 Å². The van der Waals surface area contributed by atoms with Gasteiger partial charge < -0.3 is 10.4 Å². The van der Waals surface area contributed by atoms with E-state index in [0.717, 1.165) is 40.1 Å². The lowest BCUT2D eigenvalue weighted by Gasteiger charge is -2.26. The number of hydrogen-bond donors (Lipinski definition) is 2. The maximum absolute atomic E-state index is 12.0. The second-order valence-corrected chi connectivity index (χ2v) is 9.61. The standard InChI is InChI=1S/C21H18ClN3O3S2/c22-14-6-7-16-15(9-14)19(13(11-29-16)8-12-4-2-1-3-5-12)24-25-21-23-20(28)17(30-21)10-18(26)27/h1-7,9,13,17H,8,10-11H2,(H,26,27)(H,23,25,28)/b24-19-. The molecule has 0 aromatic heterocycles. The Hall–Kier alpha value is -2.29. The number of thioether (sulfide) groups is 2. The Bertz CT molecular complexity index is 1040. The van der Waals surface area contributed by atoms with E-state index < -0.39 is 11.2 Å². The number of nitrogens with one attached hydrogen (secondary N) is 1. The van der Waals surface area contributed by atoms with Crippen molar-refractivity contribution in [1.82, 2.24) is 5.32 Å². The summed E-state index contributed by atoms with van der Waals surface area (Å²) in [7, 11) is 0. The van der Waals surface area contributed by atoms with Crippen molar-refractivity contribution in [2.45, 2.75) is 23.0 Å². The van der Waals surface area contributed by atoms with Crippen LogP contribution in [0.5, 0.6) is 0 Å². The van der Waals surface area contributed by atoms with Gasteiger partial charge in [-0.15, -0.1) is 16.9 Å². The fourth-order valence-corrected chi connectivity index (χ4v) is 5.57. The van der Waals surface area contributed by atoms with Crippen molar-refractivity contribution in [3.8, 4) is 0 Å². The van der Waals surface area contributed by atoms with Crippen LogP contribution in [0.15, 0.2) is 63.6 Å². The van der Waals surface area contributed by atoms with Gasteiger partial charge in [0.25, 0.3) is 0 Å². The predicted octanol–water partition coefficient (Wildman–Crippen LogP) is 4.07. The Labute approximate surface area is 187 Å². The summed E-state index contributed by atoms with van der Waals surface area (Å²) in [4.78, 5) is 24.0. The number of amidine groups is 1. The van der Waals surface area contributed by atoms with E-state index in [-0.39, 0.29) is 18.2 Å². The van der Waals surface area contributed by atoms with Crippen LogP contribution in [-0.2, 0) is 16.0 Å². The van der Waals surface area contributed by atoms with Gasteiger partial charge in [0.05, 0.1) is 12.1 Å². The van der Waals surface area contributed by atoms with Crippen molar-refractivity contribution in [3.63, 3.8) is 0 Å². The van der Waals surface area contributed by atoms with Crippen molar-refractivity contribution < 1.29 is 14.7 Å². The third-order valence-electron chi connectivity index (χ3n) is 4.75. The molecule has 4 rings (SSSR count). The van der Waals surface area contributed by atoms with Crippen LogP contribution in [0, 0.1) is 5.92 Å². The highest BCUT2D eigenvalue weighted by molar-refractivity contribution is 8.15. The van der Waals surface area contributed by atoms with Crippen LogP contribution >= 0.6 is 35.1 Å². The first-order chi connectivity index (χ1) is 14.5. The van der Waals surface area contributed by atoms with E-state index in [0.29, 0.717) is 10.2 Å². The first kappa shape index (κ1) is 21.0. The largest absolute Gasteiger partial charge is 0.481 e. The lowest BCUT2D eigenvalue weighted by molar-refractivity contribution is -0.138. The summed E-state index contributed by atoms with van der Waals surface area (Å²) in [6.07, 6.45) is 0.558. The molecular weight excluding hydrogens is 442 g/mol. The number of benzene rings is 2. The lowest BCUT2D eigenvalue weighted by Crippen LogP contribution is -2.27.